The molecule has 1 fully saturated rings. The smallest absolute Gasteiger partial charge is 0.412 e. The Hall–Kier alpha value is -1.55. The lowest BCUT2D eigenvalue weighted by molar-refractivity contribution is 0.0157. The summed E-state index contributed by atoms with van der Waals surface area (Å²) in [4.78, 5) is 13.7. The topological polar surface area (TPSA) is 38.8 Å². The van der Waals surface area contributed by atoms with Gasteiger partial charge in [-0.05, 0) is 26.3 Å². The summed E-state index contributed by atoms with van der Waals surface area (Å²) in [5.74, 6) is 0. The first-order valence-corrected chi connectivity index (χ1v) is 6.10. The van der Waals surface area contributed by atoms with Crippen molar-refractivity contribution in [3.05, 3.63) is 35.9 Å². The van der Waals surface area contributed by atoms with Crippen LogP contribution < -0.4 is 0 Å². The third-order valence-electron chi connectivity index (χ3n) is 2.69. The zero-order valence-electron chi connectivity index (χ0n) is 11.1. The minimum Gasteiger partial charge on any atom is -0.444 e. The summed E-state index contributed by atoms with van der Waals surface area (Å²) in [6.45, 7) is 6.38. The van der Waals surface area contributed by atoms with Crippen LogP contribution in [0.4, 0.5) is 4.79 Å². The molecule has 1 aliphatic heterocycles. The highest BCUT2D eigenvalue weighted by Crippen LogP contribution is 2.27. The Morgan fingerprint density at radius 1 is 1.33 bits per heavy atom. The van der Waals surface area contributed by atoms with Crippen LogP contribution in [0, 0.1) is 0 Å². The Balaban J connectivity index is 2.11. The molecule has 1 aliphatic rings. The van der Waals surface area contributed by atoms with Crippen LogP contribution in [0.15, 0.2) is 30.3 Å². The molecule has 0 saturated carbocycles. The average molecular weight is 249 g/mol. The predicted molar refractivity (Wildman–Crippen MR) is 68.1 cm³/mol. The first-order valence-electron chi connectivity index (χ1n) is 6.10. The molecule has 0 N–H and O–H groups in total. The molecule has 2 rings (SSSR count). The molecule has 1 aromatic carbocycles. The van der Waals surface area contributed by atoms with Gasteiger partial charge in [0.25, 0.3) is 0 Å². The molecule has 4 nitrogen and oxygen atoms in total. The predicted octanol–water partition coefficient (Wildman–Crippen LogP) is 2.95. The van der Waals surface area contributed by atoms with Crippen LogP contribution in [-0.4, -0.2) is 29.9 Å². The van der Waals surface area contributed by atoms with Gasteiger partial charge in [-0.3, -0.25) is 4.90 Å². The SMILES string of the molecule is CC(C)(C)OC(=O)N1COC[C@@H]1c1ccccc1. The molecule has 0 aliphatic carbocycles. The van der Waals surface area contributed by atoms with Crippen molar-refractivity contribution < 1.29 is 14.3 Å². The maximum atomic E-state index is 12.1. The molecule has 0 spiro atoms. The van der Waals surface area contributed by atoms with Crippen molar-refractivity contribution in [3.8, 4) is 0 Å². The summed E-state index contributed by atoms with van der Waals surface area (Å²) in [6.07, 6.45) is -0.325. The van der Waals surface area contributed by atoms with Gasteiger partial charge in [-0.15, -0.1) is 0 Å². The average Bonchev–Trinajstić information content (AvgIpc) is 2.76. The second-order valence-electron chi connectivity index (χ2n) is 5.38. The van der Waals surface area contributed by atoms with Gasteiger partial charge in [0.1, 0.15) is 12.3 Å². The van der Waals surface area contributed by atoms with Crippen molar-refractivity contribution in [3.63, 3.8) is 0 Å². The lowest BCUT2D eigenvalue weighted by Crippen LogP contribution is -2.36. The van der Waals surface area contributed by atoms with Crippen molar-refractivity contribution in [1.82, 2.24) is 4.90 Å². The zero-order valence-corrected chi connectivity index (χ0v) is 11.1. The van der Waals surface area contributed by atoms with E-state index in [-0.39, 0.29) is 18.9 Å². The van der Waals surface area contributed by atoms with E-state index in [1.165, 1.54) is 0 Å². The van der Waals surface area contributed by atoms with Gasteiger partial charge in [-0.25, -0.2) is 4.79 Å². The molecule has 18 heavy (non-hydrogen) atoms. The number of benzene rings is 1. The number of amides is 1. The Labute approximate surface area is 107 Å². The molecule has 0 aromatic heterocycles. The molecule has 1 amide bonds. The maximum Gasteiger partial charge on any atom is 0.412 e. The first-order chi connectivity index (χ1) is 8.47. The molecular formula is C14H19NO3. The van der Waals surface area contributed by atoms with Gasteiger partial charge in [-0.1, -0.05) is 30.3 Å². The summed E-state index contributed by atoms with van der Waals surface area (Å²) >= 11 is 0. The van der Waals surface area contributed by atoms with Gasteiger partial charge < -0.3 is 9.47 Å². The molecule has 1 heterocycles. The van der Waals surface area contributed by atoms with E-state index in [0.717, 1.165) is 5.56 Å². The first kappa shape index (κ1) is 12.9. The highest BCUT2D eigenvalue weighted by molar-refractivity contribution is 5.69. The van der Waals surface area contributed by atoms with E-state index in [1.54, 1.807) is 4.90 Å². The fourth-order valence-electron chi connectivity index (χ4n) is 1.89. The molecule has 1 atom stereocenters. The number of rotatable bonds is 1. The molecule has 0 radical (unpaired) electrons. The summed E-state index contributed by atoms with van der Waals surface area (Å²) in [7, 11) is 0. The van der Waals surface area contributed by atoms with E-state index in [0.29, 0.717) is 6.61 Å². The lowest BCUT2D eigenvalue weighted by atomic mass is 10.1. The van der Waals surface area contributed by atoms with E-state index < -0.39 is 5.60 Å². The number of hydrogen-bond donors (Lipinski definition) is 0. The number of nitrogens with zero attached hydrogens (tertiary/aromatic N) is 1. The quantitative estimate of drug-likeness (QED) is 0.768. The van der Waals surface area contributed by atoms with Crippen molar-refractivity contribution in [1.29, 1.82) is 0 Å². The van der Waals surface area contributed by atoms with E-state index >= 15 is 0 Å². The Bertz CT molecular complexity index is 411. The summed E-state index contributed by atoms with van der Waals surface area (Å²) in [5.41, 5.74) is 0.585. The number of carbonyl (C=O) groups is 1. The van der Waals surface area contributed by atoms with Crippen LogP contribution in [0.2, 0.25) is 0 Å². The van der Waals surface area contributed by atoms with Gasteiger partial charge in [0.05, 0.1) is 12.6 Å². The molecule has 0 bridgehead atoms. The minimum absolute atomic E-state index is 0.0546. The lowest BCUT2D eigenvalue weighted by Gasteiger charge is -2.27. The van der Waals surface area contributed by atoms with Crippen molar-refractivity contribution >= 4 is 6.09 Å². The summed E-state index contributed by atoms with van der Waals surface area (Å²) < 4.78 is 10.8. The Morgan fingerprint density at radius 3 is 2.61 bits per heavy atom. The van der Waals surface area contributed by atoms with Crippen LogP contribution in [0.1, 0.15) is 32.4 Å². The third kappa shape index (κ3) is 3.01. The maximum absolute atomic E-state index is 12.1. The van der Waals surface area contributed by atoms with Crippen LogP contribution >= 0.6 is 0 Å². The number of ether oxygens (including phenoxy) is 2. The highest BCUT2D eigenvalue weighted by atomic mass is 16.6. The standard InChI is InChI=1S/C14H19NO3/c1-14(2,3)18-13(16)15-10-17-9-12(15)11-7-5-4-6-8-11/h4-8,12H,9-10H2,1-3H3/t12-/m1/s1. The summed E-state index contributed by atoms with van der Waals surface area (Å²) in [5, 5.41) is 0. The van der Waals surface area contributed by atoms with Crippen LogP contribution in [0.25, 0.3) is 0 Å². The molecule has 98 valence electrons. The largest absolute Gasteiger partial charge is 0.444 e. The van der Waals surface area contributed by atoms with E-state index in [9.17, 15) is 4.79 Å². The van der Waals surface area contributed by atoms with Crippen LogP contribution in [0.3, 0.4) is 0 Å². The molecule has 4 heteroatoms. The van der Waals surface area contributed by atoms with Gasteiger partial charge in [0.2, 0.25) is 0 Å². The van der Waals surface area contributed by atoms with Crippen LogP contribution in [0.5, 0.6) is 0 Å². The zero-order chi connectivity index (χ0) is 13.2. The summed E-state index contributed by atoms with van der Waals surface area (Å²) in [6, 6.07) is 9.81. The second kappa shape index (κ2) is 4.98. The van der Waals surface area contributed by atoms with Gasteiger partial charge in [0, 0.05) is 0 Å². The molecular weight excluding hydrogens is 230 g/mol. The van der Waals surface area contributed by atoms with Crippen molar-refractivity contribution in [2.75, 3.05) is 13.3 Å². The second-order valence-corrected chi connectivity index (χ2v) is 5.38. The molecule has 1 saturated heterocycles. The monoisotopic (exact) mass is 249 g/mol. The van der Waals surface area contributed by atoms with Gasteiger partial charge in [-0.2, -0.15) is 0 Å². The fraction of sp³-hybridized carbons (Fsp3) is 0.500. The molecule has 1 aromatic rings. The Kier molecular flexibility index (Phi) is 3.57. The normalized spacial score (nSPS) is 19.9. The number of carbonyl (C=O) groups excluding carboxylic acids is 1. The fourth-order valence-corrected chi connectivity index (χ4v) is 1.89. The van der Waals surface area contributed by atoms with Gasteiger partial charge in [0.15, 0.2) is 0 Å². The van der Waals surface area contributed by atoms with E-state index in [4.69, 9.17) is 9.47 Å². The van der Waals surface area contributed by atoms with E-state index in [2.05, 4.69) is 0 Å². The third-order valence-corrected chi connectivity index (χ3v) is 2.69. The number of hydrogen-bond acceptors (Lipinski definition) is 3. The Morgan fingerprint density at radius 2 is 2.00 bits per heavy atom. The van der Waals surface area contributed by atoms with E-state index in [1.807, 2.05) is 51.1 Å². The van der Waals surface area contributed by atoms with Crippen molar-refractivity contribution in [2.24, 2.45) is 0 Å². The van der Waals surface area contributed by atoms with Crippen molar-refractivity contribution in [2.45, 2.75) is 32.4 Å². The highest BCUT2D eigenvalue weighted by Gasteiger charge is 2.33. The minimum atomic E-state index is -0.485. The van der Waals surface area contributed by atoms with Crippen LogP contribution in [-0.2, 0) is 9.47 Å². The van der Waals surface area contributed by atoms with Gasteiger partial charge >= 0.3 is 6.09 Å². The molecule has 0 unspecified atom stereocenters.